The summed E-state index contributed by atoms with van der Waals surface area (Å²) in [5, 5.41) is 0. The maximum Gasteiger partial charge on any atom is 0.308 e. The van der Waals surface area contributed by atoms with Gasteiger partial charge in [0, 0.05) is 13.1 Å². The molecule has 1 heterocycles. The van der Waals surface area contributed by atoms with Gasteiger partial charge >= 0.3 is 5.97 Å². The van der Waals surface area contributed by atoms with Gasteiger partial charge in [-0.15, -0.1) is 0 Å². The molecule has 1 aliphatic rings. The number of likely N-dealkylation sites (tertiary alicyclic amines) is 1. The van der Waals surface area contributed by atoms with Crippen LogP contribution in [0.1, 0.15) is 31.7 Å². The van der Waals surface area contributed by atoms with Crippen molar-refractivity contribution >= 4 is 11.9 Å². The molecule has 1 aromatic carbocycles. The van der Waals surface area contributed by atoms with E-state index < -0.39 is 6.10 Å². The van der Waals surface area contributed by atoms with E-state index in [1.165, 1.54) is 7.11 Å². The SMILES string of the molecule is CC[C@@H](Oc1ccccc1C)C(=O)N1CCC(C(=O)OC)CC1. The number of nitrogens with zero attached hydrogens (tertiary/aromatic N) is 1. The molecule has 0 saturated carbocycles. The normalized spacial score (nSPS) is 16.7. The second-order valence-electron chi connectivity index (χ2n) is 5.90. The predicted molar refractivity (Wildman–Crippen MR) is 87.2 cm³/mol. The maximum atomic E-state index is 12.7. The van der Waals surface area contributed by atoms with E-state index in [2.05, 4.69) is 0 Å². The number of methoxy groups -OCH3 is 1. The molecule has 1 fully saturated rings. The van der Waals surface area contributed by atoms with Crippen LogP contribution in [-0.2, 0) is 14.3 Å². The average molecular weight is 319 g/mol. The van der Waals surface area contributed by atoms with E-state index in [0.29, 0.717) is 32.4 Å². The van der Waals surface area contributed by atoms with Crippen molar-refractivity contribution in [1.82, 2.24) is 4.90 Å². The number of hydrogen-bond acceptors (Lipinski definition) is 4. The van der Waals surface area contributed by atoms with Crippen LogP contribution in [0.25, 0.3) is 0 Å². The van der Waals surface area contributed by atoms with Gasteiger partial charge in [-0.3, -0.25) is 9.59 Å². The Morgan fingerprint density at radius 3 is 2.48 bits per heavy atom. The van der Waals surface area contributed by atoms with E-state index in [0.717, 1.165) is 11.3 Å². The highest BCUT2D eigenvalue weighted by Crippen LogP contribution is 2.22. The summed E-state index contributed by atoms with van der Waals surface area (Å²) in [6.07, 6.45) is 1.44. The number of para-hydroxylation sites is 1. The quantitative estimate of drug-likeness (QED) is 0.783. The molecule has 5 heteroatoms. The summed E-state index contributed by atoms with van der Waals surface area (Å²) in [5.41, 5.74) is 1.02. The topological polar surface area (TPSA) is 55.8 Å². The smallest absolute Gasteiger partial charge is 0.308 e. The van der Waals surface area contributed by atoms with Gasteiger partial charge in [-0.2, -0.15) is 0 Å². The monoisotopic (exact) mass is 319 g/mol. The molecule has 1 amide bonds. The summed E-state index contributed by atoms with van der Waals surface area (Å²) < 4.78 is 10.7. The molecule has 126 valence electrons. The predicted octanol–water partition coefficient (Wildman–Crippen LogP) is 2.56. The first-order valence-electron chi connectivity index (χ1n) is 8.15. The van der Waals surface area contributed by atoms with Crippen LogP contribution in [0.5, 0.6) is 5.75 Å². The van der Waals surface area contributed by atoms with Gasteiger partial charge in [-0.25, -0.2) is 0 Å². The summed E-state index contributed by atoms with van der Waals surface area (Å²) in [5.74, 6) is 0.470. The molecule has 0 radical (unpaired) electrons. The lowest BCUT2D eigenvalue weighted by atomic mass is 9.96. The molecular formula is C18H25NO4. The first kappa shape index (κ1) is 17.3. The number of amides is 1. The third-order valence-electron chi connectivity index (χ3n) is 4.35. The zero-order valence-electron chi connectivity index (χ0n) is 14.1. The summed E-state index contributed by atoms with van der Waals surface area (Å²) in [4.78, 5) is 26.0. The largest absolute Gasteiger partial charge is 0.480 e. The van der Waals surface area contributed by atoms with Crippen molar-refractivity contribution in [2.45, 2.75) is 39.2 Å². The average Bonchev–Trinajstić information content (AvgIpc) is 2.60. The molecular weight excluding hydrogens is 294 g/mol. The van der Waals surface area contributed by atoms with E-state index >= 15 is 0 Å². The fourth-order valence-corrected chi connectivity index (χ4v) is 2.86. The molecule has 0 bridgehead atoms. The second kappa shape index (κ2) is 7.99. The zero-order valence-corrected chi connectivity index (χ0v) is 14.1. The van der Waals surface area contributed by atoms with Gasteiger partial charge in [0.05, 0.1) is 13.0 Å². The Morgan fingerprint density at radius 1 is 1.26 bits per heavy atom. The Bertz CT molecular complexity index is 550. The van der Waals surface area contributed by atoms with Crippen molar-refractivity contribution in [2.24, 2.45) is 5.92 Å². The zero-order chi connectivity index (χ0) is 16.8. The van der Waals surface area contributed by atoms with Gasteiger partial charge in [-0.1, -0.05) is 25.1 Å². The van der Waals surface area contributed by atoms with Crippen LogP contribution >= 0.6 is 0 Å². The second-order valence-corrected chi connectivity index (χ2v) is 5.90. The number of piperidine rings is 1. The van der Waals surface area contributed by atoms with Crippen molar-refractivity contribution < 1.29 is 19.1 Å². The van der Waals surface area contributed by atoms with Crippen LogP contribution in [0.3, 0.4) is 0 Å². The number of ether oxygens (including phenoxy) is 2. The lowest BCUT2D eigenvalue weighted by Crippen LogP contribution is -2.46. The van der Waals surface area contributed by atoms with Gasteiger partial charge < -0.3 is 14.4 Å². The van der Waals surface area contributed by atoms with Crippen molar-refractivity contribution in [3.63, 3.8) is 0 Å². The number of esters is 1. The van der Waals surface area contributed by atoms with Crippen molar-refractivity contribution in [1.29, 1.82) is 0 Å². The minimum atomic E-state index is -0.481. The Labute approximate surface area is 137 Å². The Morgan fingerprint density at radius 2 is 1.91 bits per heavy atom. The molecule has 1 aliphatic heterocycles. The van der Waals surface area contributed by atoms with E-state index in [-0.39, 0.29) is 17.8 Å². The highest BCUT2D eigenvalue weighted by atomic mass is 16.5. The van der Waals surface area contributed by atoms with Crippen LogP contribution in [0.4, 0.5) is 0 Å². The summed E-state index contributed by atoms with van der Waals surface area (Å²) in [6, 6.07) is 7.70. The summed E-state index contributed by atoms with van der Waals surface area (Å²) in [6.45, 7) is 5.06. The van der Waals surface area contributed by atoms with Crippen LogP contribution in [0, 0.1) is 12.8 Å². The Kier molecular flexibility index (Phi) is 6.02. The fraction of sp³-hybridized carbons (Fsp3) is 0.556. The van der Waals surface area contributed by atoms with Gasteiger partial charge in [0.2, 0.25) is 0 Å². The third-order valence-corrected chi connectivity index (χ3v) is 4.35. The molecule has 5 nitrogen and oxygen atoms in total. The van der Waals surface area contributed by atoms with Crippen LogP contribution in [-0.4, -0.2) is 43.1 Å². The summed E-state index contributed by atoms with van der Waals surface area (Å²) >= 11 is 0. The van der Waals surface area contributed by atoms with E-state index in [9.17, 15) is 9.59 Å². The molecule has 0 spiro atoms. The Balaban J connectivity index is 1.96. The van der Waals surface area contributed by atoms with E-state index in [1.807, 2.05) is 38.1 Å². The van der Waals surface area contributed by atoms with E-state index in [4.69, 9.17) is 9.47 Å². The highest BCUT2D eigenvalue weighted by molar-refractivity contribution is 5.82. The van der Waals surface area contributed by atoms with Crippen molar-refractivity contribution in [2.75, 3.05) is 20.2 Å². The molecule has 1 atom stereocenters. The molecule has 2 rings (SSSR count). The van der Waals surface area contributed by atoms with Crippen molar-refractivity contribution in [3.05, 3.63) is 29.8 Å². The maximum absolute atomic E-state index is 12.7. The van der Waals surface area contributed by atoms with E-state index in [1.54, 1.807) is 4.90 Å². The van der Waals surface area contributed by atoms with Crippen molar-refractivity contribution in [3.8, 4) is 5.75 Å². The van der Waals surface area contributed by atoms with Gasteiger partial charge in [-0.05, 0) is 37.8 Å². The number of carbonyl (C=O) groups is 2. The highest BCUT2D eigenvalue weighted by Gasteiger charge is 2.31. The number of benzene rings is 1. The first-order valence-corrected chi connectivity index (χ1v) is 8.15. The van der Waals surface area contributed by atoms with Crippen LogP contribution in [0.15, 0.2) is 24.3 Å². The minimum absolute atomic E-state index is 0.000862. The van der Waals surface area contributed by atoms with Gasteiger partial charge in [0.1, 0.15) is 5.75 Å². The standard InChI is InChI=1S/C18H25NO4/c1-4-15(23-16-8-6-5-7-13(16)2)17(20)19-11-9-14(10-12-19)18(21)22-3/h5-8,14-15H,4,9-12H2,1-3H3/t15-/m1/s1. The van der Waals surface area contributed by atoms with Gasteiger partial charge in [0.25, 0.3) is 5.91 Å². The molecule has 0 aromatic heterocycles. The van der Waals surface area contributed by atoms with Crippen LogP contribution in [0.2, 0.25) is 0 Å². The molecule has 1 saturated heterocycles. The lowest BCUT2D eigenvalue weighted by molar-refractivity contribution is -0.150. The number of hydrogen-bond donors (Lipinski definition) is 0. The molecule has 0 unspecified atom stereocenters. The number of aryl methyl sites for hydroxylation is 1. The molecule has 23 heavy (non-hydrogen) atoms. The Hall–Kier alpha value is -2.04. The number of rotatable bonds is 5. The summed E-state index contributed by atoms with van der Waals surface area (Å²) in [7, 11) is 1.41. The fourth-order valence-electron chi connectivity index (χ4n) is 2.86. The lowest BCUT2D eigenvalue weighted by Gasteiger charge is -2.33. The minimum Gasteiger partial charge on any atom is -0.480 e. The third kappa shape index (κ3) is 4.24. The number of carbonyl (C=O) groups excluding carboxylic acids is 2. The van der Waals surface area contributed by atoms with Crippen LogP contribution < -0.4 is 4.74 Å². The van der Waals surface area contributed by atoms with Gasteiger partial charge in [0.15, 0.2) is 6.10 Å². The molecule has 0 aliphatic carbocycles. The molecule has 1 aromatic rings. The molecule has 0 N–H and O–H groups in total. The first-order chi connectivity index (χ1) is 11.1.